The van der Waals surface area contributed by atoms with Crippen molar-refractivity contribution >= 4 is 49.5 Å². The molecule has 17 heteroatoms. The standard InChI is InChI=1S/C33H36N8O8S/c1-38-8-10-39(11-9-38)16-20-17-48-26-15-21(14-24(41(43)44)29(26)36-20)50(45,46)28-4-2-3-22(31(34)42)30(28)40-23-6-12-47-18-27(23)49-33-25(40)13-19-5-7-35-32(19)37-33/h2-5,7,13-15,20,23,27,36H,6,8-12,16-18H2,1H3,(H2,34,42)(H,35,37)/t20-,23+,27+/m0/s1. The number of hydrogen-bond donors (Lipinski definition) is 3. The van der Waals surface area contributed by atoms with E-state index in [1.54, 1.807) is 11.1 Å². The summed E-state index contributed by atoms with van der Waals surface area (Å²) in [5.41, 5.74) is 6.60. The third-order valence-corrected chi connectivity index (χ3v) is 11.6. The molecule has 8 rings (SSSR count). The Kier molecular flexibility index (Phi) is 8.01. The minimum absolute atomic E-state index is 0.0322. The van der Waals surface area contributed by atoms with Crippen LogP contribution in [-0.2, 0) is 14.6 Å². The molecule has 4 aromatic rings. The molecule has 4 aliphatic heterocycles. The fourth-order valence-electron chi connectivity index (χ4n) is 7.25. The van der Waals surface area contributed by atoms with Crippen molar-refractivity contribution in [2.24, 2.45) is 5.73 Å². The Morgan fingerprint density at radius 3 is 2.74 bits per heavy atom. The van der Waals surface area contributed by atoms with Crippen molar-refractivity contribution in [1.29, 1.82) is 0 Å². The van der Waals surface area contributed by atoms with Crippen LogP contribution in [0.5, 0.6) is 11.6 Å². The van der Waals surface area contributed by atoms with Crippen molar-refractivity contribution in [2.75, 3.05) is 69.8 Å². The number of pyridine rings is 1. The van der Waals surface area contributed by atoms with E-state index in [-0.39, 0.29) is 57.6 Å². The van der Waals surface area contributed by atoms with Crippen LogP contribution in [0.15, 0.2) is 58.5 Å². The van der Waals surface area contributed by atoms with Gasteiger partial charge in [-0.05, 0) is 37.7 Å². The molecule has 0 bridgehead atoms. The average molecular weight is 705 g/mol. The second-order valence-corrected chi connectivity index (χ2v) is 15.0. The van der Waals surface area contributed by atoms with Gasteiger partial charge in [0.15, 0.2) is 11.4 Å². The lowest BCUT2D eigenvalue weighted by Crippen LogP contribution is -2.53. The number of ether oxygens (including phenoxy) is 3. The van der Waals surface area contributed by atoms with Crippen molar-refractivity contribution in [2.45, 2.75) is 34.4 Å². The number of primary amides is 1. The lowest BCUT2D eigenvalue weighted by atomic mass is 9.98. The van der Waals surface area contributed by atoms with Gasteiger partial charge in [0, 0.05) is 63.0 Å². The number of aromatic amines is 1. The van der Waals surface area contributed by atoms with Crippen LogP contribution in [0.4, 0.5) is 22.7 Å². The third-order valence-electron chi connectivity index (χ3n) is 9.82. The number of hydrogen-bond acceptors (Lipinski definition) is 13. The monoisotopic (exact) mass is 704 g/mol. The Labute approximate surface area is 287 Å². The zero-order valence-electron chi connectivity index (χ0n) is 27.2. The van der Waals surface area contributed by atoms with Gasteiger partial charge in [-0.15, -0.1) is 0 Å². The fourth-order valence-corrected chi connectivity index (χ4v) is 8.76. The highest BCUT2D eigenvalue weighted by atomic mass is 32.2. The van der Waals surface area contributed by atoms with Crippen LogP contribution in [-0.4, -0.2) is 117 Å². The van der Waals surface area contributed by atoms with Crippen molar-refractivity contribution in [1.82, 2.24) is 19.8 Å². The molecule has 2 fully saturated rings. The molecule has 0 unspecified atom stereocenters. The topological polar surface area (TPSA) is 198 Å². The van der Waals surface area contributed by atoms with Crippen LogP contribution in [0.25, 0.3) is 11.0 Å². The quantitative estimate of drug-likeness (QED) is 0.188. The summed E-state index contributed by atoms with van der Waals surface area (Å²) in [5, 5.41) is 16.4. The molecule has 4 N–H and O–H groups in total. The number of fused-ring (bicyclic) bond motifs is 4. The Hall–Kier alpha value is -4.97. The van der Waals surface area contributed by atoms with Crippen LogP contribution in [0, 0.1) is 10.1 Å². The number of aromatic nitrogens is 2. The van der Waals surface area contributed by atoms with E-state index in [0.717, 1.165) is 37.6 Å². The molecule has 0 radical (unpaired) electrons. The number of nitro benzene ring substituents is 1. The first-order valence-electron chi connectivity index (χ1n) is 16.4. The van der Waals surface area contributed by atoms with E-state index in [2.05, 4.69) is 32.1 Å². The van der Waals surface area contributed by atoms with Gasteiger partial charge in [0.1, 0.15) is 24.0 Å². The van der Waals surface area contributed by atoms with Crippen LogP contribution in [0.3, 0.4) is 0 Å². The molecule has 262 valence electrons. The van der Waals surface area contributed by atoms with Gasteiger partial charge < -0.3 is 40.0 Å². The number of nitrogens with zero attached hydrogens (tertiary/aromatic N) is 5. The number of sulfone groups is 1. The van der Waals surface area contributed by atoms with Gasteiger partial charge in [-0.2, -0.15) is 4.98 Å². The highest BCUT2D eigenvalue weighted by Crippen LogP contribution is 2.48. The minimum atomic E-state index is -4.55. The minimum Gasteiger partial charge on any atom is -0.489 e. The number of H-pyrrole nitrogens is 1. The predicted octanol–water partition coefficient (Wildman–Crippen LogP) is 2.51. The predicted molar refractivity (Wildman–Crippen MR) is 182 cm³/mol. The first kappa shape index (κ1) is 32.2. The molecule has 4 aliphatic rings. The molecule has 0 spiro atoms. The lowest BCUT2D eigenvalue weighted by molar-refractivity contribution is -0.384. The number of likely N-dealkylation sites (N-methyl/N-ethyl adjacent to an activating group) is 1. The van der Waals surface area contributed by atoms with E-state index in [4.69, 9.17) is 19.9 Å². The number of nitro groups is 1. The summed E-state index contributed by atoms with van der Waals surface area (Å²) < 4.78 is 47.5. The summed E-state index contributed by atoms with van der Waals surface area (Å²) >= 11 is 0. The summed E-state index contributed by atoms with van der Waals surface area (Å²) in [7, 11) is -2.48. The second kappa shape index (κ2) is 12.4. The number of piperazine rings is 1. The SMILES string of the molecule is CN1CCN(C[C@H]2COc3cc(S(=O)(=O)c4cccc(C(N)=O)c4N4c5cc6cc[nH]c6nc5O[C@@H]5COCC[C@H]54)cc([N+](=O)[O-])c3N2)CC1. The Morgan fingerprint density at radius 1 is 1.14 bits per heavy atom. The summed E-state index contributed by atoms with van der Waals surface area (Å²) in [6.07, 6.45) is 1.63. The number of amides is 1. The van der Waals surface area contributed by atoms with Crippen LogP contribution >= 0.6 is 0 Å². The smallest absolute Gasteiger partial charge is 0.297 e. The van der Waals surface area contributed by atoms with Crippen LogP contribution in [0.2, 0.25) is 0 Å². The van der Waals surface area contributed by atoms with Crippen LogP contribution < -0.4 is 25.4 Å². The average Bonchev–Trinajstić information content (AvgIpc) is 3.57. The second-order valence-electron chi connectivity index (χ2n) is 13.0. The van der Waals surface area contributed by atoms with Gasteiger partial charge in [-0.1, -0.05) is 6.07 Å². The third kappa shape index (κ3) is 5.55. The van der Waals surface area contributed by atoms with Gasteiger partial charge in [0.25, 0.3) is 11.6 Å². The van der Waals surface area contributed by atoms with Gasteiger partial charge >= 0.3 is 0 Å². The van der Waals surface area contributed by atoms with E-state index in [9.17, 15) is 23.3 Å². The molecule has 1 amide bonds. The molecular formula is C33H36N8O8S. The highest BCUT2D eigenvalue weighted by Gasteiger charge is 2.44. The van der Waals surface area contributed by atoms with Crippen molar-refractivity contribution in [3.63, 3.8) is 0 Å². The number of carbonyl (C=O) groups is 1. The molecular weight excluding hydrogens is 668 g/mol. The van der Waals surface area contributed by atoms with E-state index in [0.29, 0.717) is 30.9 Å². The van der Waals surface area contributed by atoms with E-state index in [1.165, 1.54) is 24.3 Å². The fraction of sp³-hybridized carbons (Fsp3) is 0.394. The highest BCUT2D eigenvalue weighted by molar-refractivity contribution is 7.91. The van der Waals surface area contributed by atoms with Crippen molar-refractivity contribution < 1.29 is 32.3 Å². The molecule has 2 saturated heterocycles. The molecule has 0 saturated carbocycles. The Bertz CT molecular complexity index is 2120. The largest absolute Gasteiger partial charge is 0.489 e. The number of carbonyl (C=O) groups excluding carboxylic acids is 1. The van der Waals surface area contributed by atoms with Gasteiger partial charge in [0.2, 0.25) is 15.7 Å². The molecule has 2 aromatic carbocycles. The first-order chi connectivity index (χ1) is 24.1. The summed E-state index contributed by atoms with van der Waals surface area (Å²) in [4.78, 5) is 38.2. The summed E-state index contributed by atoms with van der Waals surface area (Å²) in [6.45, 7) is 4.96. The van der Waals surface area contributed by atoms with E-state index >= 15 is 0 Å². The van der Waals surface area contributed by atoms with Gasteiger partial charge in [-0.25, -0.2) is 8.42 Å². The Morgan fingerprint density at radius 2 is 1.96 bits per heavy atom. The van der Waals surface area contributed by atoms with Crippen molar-refractivity contribution in [3.8, 4) is 11.6 Å². The molecule has 50 heavy (non-hydrogen) atoms. The zero-order valence-corrected chi connectivity index (χ0v) is 28.0. The van der Waals surface area contributed by atoms with Crippen LogP contribution in [0.1, 0.15) is 16.8 Å². The molecule has 16 nitrogen and oxygen atoms in total. The number of benzene rings is 2. The molecule has 0 aliphatic carbocycles. The first-order valence-corrected chi connectivity index (χ1v) is 17.9. The maximum Gasteiger partial charge on any atom is 0.297 e. The maximum absolute atomic E-state index is 14.8. The molecule has 2 aromatic heterocycles. The molecule has 6 heterocycles. The number of para-hydroxylation sites is 1. The van der Waals surface area contributed by atoms with Gasteiger partial charge in [0.05, 0.1) is 44.7 Å². The number of rotatable bonds is 7. The maximum atomic E-state index is 14.8. The summed E-state index contributed by atoms with van der Waals surface area (Å²) in [5.74, 6) is -0.565. The Balaban J connectivity index is 1.23. The van der Waals surface area contributed by atoms with E-state index < -0.39 is 38.5 Å². The molecule has 3 atom stereocenters. The zero-order chi connectivity index (χ0) is 34.7. The summed E-state index contributed by atoms with van der Waals surface area (Å²) in [6, 6.07) is 9.56. The number of anilines is 3. The normalized spacial score (nSPS) is 22.4. The van der Waals surface area contributed by atoms with Gasteiger partial charge in [-0.3, -0.25) is 19.8 Å². The number of nitrogens with two attached hydrogens (primary N) is 1. The number of nitrogens with one attached hydrogen (secondary N) is 2. The van der Waals surface area contributed by atoms with Crippen molar-refractivity contribution in [3.05, 3.63) is 64.3 Å². The van der Waals surface area contributed by atoms with E-state index in [1.807, 2.05) is 12.1 Å². The lowest BCUT2D eigenvalue weighted by Gasteiger charge is -2.45.